The predicted octanol–water partition coefficient (Wildman–Crippen LogP) is 5.27. The van der Waals surface area contributed by atoms with Crippen LogP contribution in [0.5, 0.6) is 17.2 Å². The van der Waals surface area contributed by atoms with Crippen LogP contribution in [0.1, 0.15) is 36.7 Å². The molecule has 0 spiro atoms. The molecule has 0 aliphatic carbocycles. The van der Waals surface area contributed by atoms with E-state index < -0.39 is 0 Å². The molecule has 0 atom stereocenters. The van der Waals surface area contributed by atoms with Crippen LogP contribution in [0.15, 0.2) is 66.7 Å². The minimum absolute atomic E-state index is 0.0178. The van der Waals surface area contributed by atoms with Gasteiger partial charge in [0.05, 0.1) is 14.2 Å². The molecule has 0 bridgehead atoms. The summed E-state index contributed by atoms with van der Waals surface area (Å²) in [4.78, 5) is 25.0. The van der Waals surface area contributed by atoms with Crippen LogP contribution >= 0.6 is 0 Å². The van der Waals surface area contributed by atoms with Gasteiger partial charge in [-0.15, -0.1) is 0 Å². The molecule has 7 nitrogen and oxygen atoms in total. The molecule has 0 aromatic heterocycles. The first-order valence-electron chi connectivity index (χ1n) is 10.9. The molecular weight excluding hydrogens is 432 g/mol. The molecule has 0 saturated carbocycles. The zero-order valence-corrected chi connectivity index (χ0v) is 20.1. The minimum atomic E-state index is -0.344. The number of hydrogen-bond acceptors (Lipinski definition) is 5. The van der Waals surface area contributed by atoms with Crippen molar-refractivity contribution >= 4 is 23.2 Å². The van der Waals surface area contributed by atoms with E-state index in [-0.39, 0.29) is 23.8 Å². The minimum Gasteiger partial charge on any atom is -0.496 e. The van der Waals surface area contributed by atoms with E-state index in [4.69, 9.17) is 14.2 Å². The van der Waals surface area contributed by atoms with Gasteiger partial charge in [0.2, 0.25) is 0 Å². The molecule has 3 aromatic rings. The van der Waals surface area contributed by atoms with Crippen LogP contribution in [0, 0.1) is 0 Å². The first kappa shape index (κ1) is 24.6. The number of nitrogens with one attached hydrogen (secondary N) is 2. The van der Waals surface area contributed by atoms with Crippen molar-refractivity contribution in [1.29, 1.82) is 0 Å². The van der Waals surface area contributed by atoms with Gasteiger partial charge >= 0.3 is 0 Å². The van der Waals surface area contributed by atoms with Gasteiger partial charge in [-0.2, -0.15) is 0 Å². The quantitative estimate of drug-likeness (QED) is 0.476. The van der Waals surface area contributed by atoms with E-state index in [1.165, 1.54) is 14.2 Å². The molecule has 0 heterocycles. The number of rotatable bonds is 8. The van der Waals surface area contributed by atoms with Crippen molar-refractivity contribution in [3.8, 4) is 17.2 Å². The number of benzene rings is 3. The summed E-state index contributed by atoms with van der Waals surface area (Å²) in [6, 6.07) is 19.5. The van der Waals surface area contributed by atoms with Crippen LogP contribution in [0.2, 0.25) is 0 Å². The monoisotopic (exact) mass is 462 g/mol. The van der Waals surface area contributed by atoms with Gasteiger partial charge < -0.3 is 24.8 Å². The highest BCUT2D eigenvalue weighted by Crippen LogP contribution is 2.27. The first-order valence-corrected chi connectivity index (χ1v) is 10.9. The highest BCUT2D eigenvalue weighted by Gasteiger charge is 2.14. The number of carbonyl (C=O) groups is 2. The summed E-state index contributed by atoms with van der Waals surface area (Å²) in [6.07, 6.45) is 0. The van der Waals surface area contributed by atoms with Crippen LogP contribution in [0.3, 0.4) is 0 Å². The second kappa shape index (κ2) is 10.7. The normalized spacial score (nSPS) is 10.9. The molecule has 0 fully saturated rings. The van der Waals surface area contributed by atoms with E-state index in [0.717, 1.165) is 5.56 Å². The smallest absolute Gasteiger partial charge is 0.262 e. The molecule has 2 N–H and O–H groups in total. The largest absolute Gasteiger partial charge is 0.496 e. The van der Waals surface area contributed by atoms with Gasteiger partial charge in [0.15, 0.2) is 6.61 Å². The van der Waals surface area contributed by atoms with E-state index in [1.807, 2.05) is 24.3 Å². The highest BCUT2D eigenvalue weighted by molar-refractivity contribution is 6.04. The Labute approximate surface area is 200 Å². The average Bonchev–Trinajstić information content (AvgIpc) is 2.82. The van der Waals surface area contributed by atoms with E-state index in [0.29, 0.717) is 34.2 Å². The Morgan fingerprint density at radius 1 is 0.765 bits per heavy atom. The Morgan fingerprint density at radius 3 is 1.88 bits per heavy atom. The fourth-order valence-corrected chi connectivity index (χ4v) is 3.21. The van der Waals surface area contributed by atoms with Crippen LogP contribution in [0.25, 0.3) is 0 Å². The van der Waals surface area contributed by atoms with Gasteiger partial charge in [-0.3, -0.25) is 9.59 Å². The van der Waals surface area contributed by atoms with Crippen LogP contribution in [0.4, 0.5) is 11.4 Å². The maximum absolute atomic E-state index is 12.6. The van der Waals surface area contributed by atoms with Crippen LogP contribution in [-0.4, -0.2) is 32.6 Å². The molecule has 7 heteroatoms. The lowest BCUT2D eigenvalue weighted by Crippen LogP contribution is -2.20. The maximum atomic E-state index is 12.6. The van der Waals surface area contributed by atoms with Gasteiger partial charge in [-0.05, 0) is 41.3 Å². The third-order valence-corrected chi connectivity index (χ3v) is 5.11. The van der Waals surface area contributed by atoms with E-state index >= 15 is 0 Å². The van der Waals surface area contributed by atoms with Gasteiger partial charge in [0.1, 0.15) is 17.2 Å². The van der Waals surface area contributed by atoms with Crippen molar-refractivity contribution in [1.82, 2.24) is 0 Å². The number of hydrogen-bond donors (Lipinski definition) is 2. The SMILES string of the molecule is COc1cc(OC)cc(OCC(=O)Nc2cccc(NC(=O)c3ccc(C(C)(C)C)cc3)c2)c1. The van der Waals surface area contributed by atoms with Crippen LogP contribution in [-0.2, 0) is 10.2 Å². The van der Waals surface area contributed by atoms with Gasteiger partial charge in [-0.25, -0.2) is 0 Å². The zero-order valence-electron chi connectivity index (χ0n) is 20.1. The Hall–Kier alpha value is -4.00. The van der Waals surface area contributed by atoms with Crippen molar-refractivity contribution in [2.45, 2.75) is 26.2 Å². The molecule has 0 radical (unpaired) electrons. The summed E-state index contributed by atoms with van der Waals surface area (Å²) in [5.41, 5.74) is 2.84. The third kappa shape index (κ3) is 6.75. The fraction of sp³-hybridized carbons (Fsp3) is 0.259. The second-order valence-corrected chi connectivity index (χ2v) is 8.75. The third-order valence-electron chi connectivity index (χ3n) is 5.11. The Kier molecular flexibility index (Phi) is 7.79. The zero-order chi connectivity index (χ0) is 24.7. The van der Waals surface area contributed by atoms with Gasteiger partial charge in [0, 0.05) is 35.1 Å². The number of ether oxygens (including phenoxy) is 3. The second-order valence-electron chi connectivity index (χ2n) is 8.75. The van der Waals surface area contributed by atoms with Crippen molar-refractivity contribution in [3.63, 3.8) is 0 Å². The Bertz CT molecular complexity index is 1130. The molecule has 3 aromatic carbocycles. The maximum Gasteiger partial charge on any atom is 0.262 e. The number of amides is 2. The Balaban J connectivity index is 1.59. The molecule has 2 amide bonds. The lowest BCUT2D eigenvalue weighted by molar-refractivity contribution is -0.118. The molecule has 34 heavy (non-hydrogen) atoms. The Morgan fingerprint density at radius 2 is 1.32 bits per heavy atom. The molecule has 0 aliphatic heterocycles. The summed E-state index contributed by atoms with van der Waals surface area (Å²) >= 11 is 0. The van der Waals surface area contributed by atoms with E-state index in [1.54, 1.807) is 42.5 Å². The number of carbonyl (C=O) groups excluding carboxylic acids is 2. The molecule has 0 aliphatic rings. The summed E-state index contributed by atoms with van der Waals surface area (Å²) < 4.78 is 16.0. The molecule has 3 rings (SSSR count). The van der Waals surface area contributed by atoms with Gasteiger partial charge in [0.25, 0.3) is 11.8 Å². The van der Waals surface area contributed by atoms with Crippen molar-refractivity contribution in [2.24, 2.45) is 0 Å². The lowest BCUT2D eigenvalue weighted by Gasteiger charge is -2.19. The molecular formula is C27H30N2O5. The first-order chi connectivity index (χ1) is 16.2. The van der Waals surface area contributed by atoms with E-state index in [2.05, 4.69) is 31.4 Å². The summed E-state index contributed by atoms with van der Waals surface area (Å²) in [5.74, 6) is 1.00. The number of anilines is 2. The number of methoxy groups -OCH3 is 2. The topological polar surface area (TPSA) is 85.9 Å². The summed E-state index contributed by atoms with van der Waals surface area (Å²) in [5, 5.41) is 5.63. The lowest BCUT2D eigenvalue weighted by atomic mass is 9.87. The van der Waals surface area contributed by atoms with Crippen molar-refractivity contribution in [2.75, 3.05) is 31.5 Å². The van der Waals surface area contributed by atoms with Crippen molar-refractivity contribution < 1.29 is 23.8 Å². The standard InChI is InChI=1S/C27H30N2O5/c1-27(2,3)19-11-9-18(10-12-19)26(31)29-21-8-6-7-20(13-21)28-25(30)17-34-24-15-22(32-4)14-23(16-24)33-5/h6-16H,17H2,1-5H3,(H,28,30)(H,29,31). The predicted molar refractivity (Wildman–Crippen MR) is 133 cm³/mol. The van der Waals surface area contributed by atoms with Crippen LogP contribution < -0.4 is 24.8 Å². The van der Waals surface area contributed by atoms with E-state index in [9.17, 15) is 9.59 Å². The fourth-order valence-electron chi connectivity index (χ4n) is 3.21. The van der Waals surface area contributed by atoms with Gasteiger partial charge in [-0.1, -0.05) is 39.0 Å². The molecule has 0 unspecified atom stereocenters. The summed E-state index contributed by atoms with van der Waals surface area (Å²) in [6.45, 7) is 6.18. The molecule has 178 valence electrons. The highest BCUT2D eigenvalue weighted by atomic mass is 16.5. The summed E-state index contributed by atoms with van der Waals surface area (Å²) in [7, 11) is 3.08. The van der Waals surface area contributed by atoms with Crippen molar-refractivity contribution in [3.05, 3.63) is 77.9 Å². The average molecular weight is 463 g/mol. The molecule has 0 saturated heterocycles.